The summed E-state index contributed by atoms with van der Waals surface area (Å²) in [5.41, 5.74) is -0.561. The molecule has 0 bridgehead atoms. The van der Waals surface area contributed by atoms with E-state index in [9.17, 15) is 23.1 Å². The Balaban J connectivity index is 3.30. The molecule has 0 spiro atoms. The summed E-state index contributed by atoms with van der Waals surface area (Å²) in [7, 11) is 0. The molecule has 0 atom stereocenters. The zero-order chi connectivity index (χ0) is 12.5. The van der Waals surface area contributed by atoms with E-state index in [-0.39, 0.29) is 0 Å². The molecule has 0 saturated heterocycles. The van der Waals surface area contributed by atoms with Crippen molar-refractivity contribution in [2.24, 2.45) is 0 Å². The number of anilines is 1. The van der Waals surface area contributed by atoms with Gasteiger partial charge < -0.3 is 14.8 Å². The van der Waals surface area contributed by atoms with Gasteiger partial charge in [-0.25, -0.2) is 13.2 Å². The second-order valence-electron chi connectivity index (χ2n) is 3.45. The minimum Gasteiger partial charge on any atom is -0.530 e. The number of nitrogens with zero attached hydrogens (tertiary/aromatic N) is 1. The summed E-state index contributed by atoms with van der Waals surface area (Å²) in [6.07, 6.45) is -1.68. The van der Waals surface area contributed by atoms with Crippen molar-refractivity contribution in [1.29, 1.82) is 0 Å². The first-order chi connectivity index (χ1) is 7.34. The maximum absolute atomic E-state index is 13.3. The molecule has 1 rings (SSSR count). The fraction of sp³-hybridized carbons (Fsp3) is 0.300. The third-order valence-corrected chi connectivity index (χ3v) is 1.96. The number of carbonyl (C=O) groups is 1. The maximum Gasteiger partial charge on any atom is 0.161 e. The first kappa shape index (κ1) is 12.4. The maximum atomic E-state index is 13.3. The standard InChI is InChI=1S/C10H10F3NO2/c1-5(2)14(10(15)16)9-4-7(12)6(11)3-8(9)13/h3-5H,1-2H3,(H,15,16)/p-1. The molecule has 1 aromatic carbocycles. The number of carbonyl (C=O) groups excluding carboxylic acids is 1. The highest BCUT2D eigenvalue weighted by Gasteiger charge is 2.18. The summed E-state index contributed by atoms with van der Waals surface area (Å²) >= 11 is 0. The fourth-order valence-corrected chi connectivity index (χ4v) is 1.28. The normalized spacial score (nSPS) is 10.6. The number of benzene rings is 1. The van der Waals surface area contributed by atoms with Gasteiger partial charge >= 0.3 is 0 Å². The van der Waals surface area contributed by atoms with Gasteiger partial charge in [0.25, 0.3) is 0 Å². The molecule has 16 heavy (non-hydrogen) atoms. The number of amides is 1. The Morgan fingerprint density at radius 2 is 1.69 bits per heavy atom. The van der Waals surface area contributed by atoms with E-state index in [2.05, 4.69) is 0 Å². The van der Waals surface area contributed by atoms with E-state index in [1.165, 1.54) is 13.8 Å². The minimum absolute atomic E-state index is 0.295. The summed E-state index contributed by atoms with van der Waals surface area (Å²) in [4.78, 5) is 11.2. The van der Waals surface area contributed by atoms with Crippen LogP contribution in [0.1, 0.15) is 13.8 Å². The Labute approximate surface area is 90.1 Å². The van der Waals surface area contributed by atoms with Crippen LogP contribution in [0.25, 0.3) is 0 Å². The molecular weight excluding hydrogens is 223 g/mol. The van der Waals surface area contributed by atoms with Crippen molar-refractivity contribution in [2.75, 3.05) is 4.90 Å². The molecule has 1 aromatic rings. The average molecular weight is 232 g/mol. The molecule has 88 valence electrons. The number of carboxylic acid groups (broad SMARTS) is 1. The van der Waals surface area contributed by atoms with E-state index >= 15 is 0 Å². The molecule has 6 heteroatoms. The summed E-state index contributed by atoms with van der Waals surface area (Å²) in [5, 5.41) is 10.7. The van der Waals surface area contributed by atoms with Gasteiger partial charge in [0.1, 0.15) is 11.9 Å². The second-order valence-corrected chi connectivity index (χ2v) is 3.45. The van der Waals surface area contributed by atoms with Crippen LogP contribution in [0.5, 0.6) is 0 Å². The van der Waals surface area contributed by atoms with Crippen LogP contribution in [0.4, 0.5) is 23.7 Å². The molecule has 0 N–H and O–H groups in total. The molecule has 0 heterocycles. The number of hydrogen-bond donors (Lipinski definition) is 0. The molecule has 1 amide bonds. The SMILES string of the molecule is CC(C)N(C(=O)[O-])c1cc(F)c(F)cc1F. The van der Waals surface area contributed by atoms with E-state index in [4.69, 9.17) is 0 Å². The van der Waals surface area contributed by atoms with Gasteiger partial charge in [0, 0.05) is 18.2 Å². The highest BCUT2D eigenvalue weighted by atomic mass is 19.2. The van der Waals surface area contributed by atoms with Crippen LogP contribution < -0.4 is 10.0 Å². The zero-order valence-corrected chi connectivity index (χ0v) is 8.63. The topological polar surface area (TPSA) is 43.4 Å². The third kappa shape index (κ3) is 2.26. The monoisotopic (exact) mass is 232 g/mol. The van der Waals surface area contributed by atoms with E-state index < -0.39 is 35.3 Å². The van der Waals surface area contributed by atoms with E-state index in [1.54, 1.807) is 0 Å². The largest absolute Gasteiger partial charge is 0.530 e. The average Bonchev–Trinajstić information content (AvgIpc) is 2.12. The number of rotatable bonds is 2. The lowest BCUT2D eigenvalue weighted by Gasteiger charge is -2.29. The Morgan fingerprint density at radius 3 is 2.12 bits per heavy atom. The Hall–Kier alpha value is -1.72. The predicted octanol–water partition coefficient (Wildman–Crippen LogP) is 1.66. The van der Waals surface area contributed by atoms with Crippen LogP contribution in [0.15, 0.2) is 12.1 Å². The molecular formula is C10H9F3NO2-. The van der Waals surface area contributed by atoms with Crippen molar-refractivity contribution in [3.05, 3.63) is 29.6 Å². The van der Waals surface area contributed by atoms with E-state index in [0.29, 0.717) is 17.0 Å². The molecule has 0 unspecified atom stereocenters. The van der Waals surface area contributed by atoms with Crippen LogP contribution in [0, 0.1) is 17.5 Å². The summed E-state index contributed by atoms with van der Waals surface area (Å²) in [6.45, 7) is 2.91. The molecule has 0 saturated carbocycles. The molecule has 0 aliphatic heterocycles. The van der Waals surface area contributed by atoms with E-state index in [0.717, 1.165) is 0 Å². The molecule has 0 radical (unpaired) electrons. The molecule has 0 aliphatic carbocycles. The smallest absolute Gasteiger partial charge is 0.161 e. The van der Waals surface area contributed by atoms with Gasteiger partial charge in [-0.1, -0.05) is 0 Å². The number of hydrogen-bond acceptors (Lipinski definition) is 2. The Bertz CT molecular complexity index is 421. The molecule has 0 aromatic heterocycles. The van der Waals surface area contributed by atoms with Crippen LogP contribution >= 0.6 is 0 Å². The molecule has 3 nitrogen and oxygen atoms in total. The van der Waals surface area contributed by atoms with Crippen molar-refractivity contribution >= 4 is 11.8 Å². The minimum atomic E-state index is -1.68. The van der Waals surface area contributed by atoms with Crippen LogP contribution in [-0.4, -0.2) is 12.1 Å². The van der Waals surface area contributed by atoms with Crippen LogP contribution in [0.2, 0.25) is 0 Å². The fourth-order valence-electron chi connectivity index (χ4n) is 1.28. The van der Waals surface area contributed by atoms with Gasteiger partial charge in [0.05, 0.1) is 5.69 Å². The Morgan fingerprint density at radius 1 is 1.19 bits per heavy atom. The predicted molar refractivity (Wildman–Crippen MR) is 49.3 cm³/mol. The summed E-state index contributed by atoms with van der Waals surface area (Å²) in [6, 6.07) is 0.132. The Kier molecular flexibility index (Phi) is 3.41. The summed E-state index contributed by atoms with van der Waals surface area (Å²) < 4.78 is 38.8. The highest BCUT2D eigenvalue weighted by Crippen LogP contribution is 2.24. The van der Waals surface area contributed by atoms with Gasteiger partial charge in [-0.05, 0) is 13.8 Å². The zero-order valence-electron chi connectivity index (χ0n) is 8.63. The van der Waals surface area contributed by atoms with Crippen molar-refractivity contribution in [1.82, 2.24) is 0 Å². The van der Waals surface area contributed by atoms with Crippen molar-refractivity contribution in [2.45, 2.75) is 19.9 Å². The van der Waals surface area contributed by atoms with Gasteiger partial charge in [0.15, 0.2) is 11.6 Å². The lowest BCUT2D eigenvalue weighted by molar-refractivity contribution is -0.247. The van der Waals surface area contributed by atoms with Crippen molar-refractivity contribution in [3.63, 3.8) is 0 Å². The second kappa shape index (κ2) is 4.42. The van der Waals surface area contributed by atoms with Gasteiger partial charge in [-0.3, -0.25) is 0 Å². The third-order valence-electron chi connectivity index (χ3n) is 1.96. The first-order valence-corrected chi connectivity index (χ1v) is 4.49. The number of halogens is 3. The van der Waals surface area contributed by atoms with Gasteiger partial charge in [-0.15, -0.1) is 0 Å². The quantitative estimate of drug-likeness (QED) is 0.728. The van der Waals surface area contributed by atoms with Crippen molar-refractivity contribution in [3.8, 4) is 0 Å². The highest BCUT2D eigenvalue weighted by molar-refractivity contribution is 5.85. The summed E-state index contributed by atoms with van der Waals surface area (Å²) in [5.74, 6) is -3.84. The molecule has 0 fully saturated rings. The van der Waals surface area contributed by atoms with Crippen LogP contribution in [-0.2, 0) is 0 Å². The lowest BCUT2D eigenvalue weighted by Crippen LogP contribution is -2.46. The van der Waals surface area contributed by atoms with Gasteiger partial charge in [-0.2, -0.15) is 0 Å². The van der Waals surface area contributed by atoms with Crippen molar-refractivity contribution < 1.29 is 23.1 Å². The first-order valence-electron chi connectivity index (χ1n) is 4.49. The van der Waals surface area contributed by atoms with E-state index in [1.807, 2.05) is 0 Å². The lowest BCUT2D eigenvalue weighted by atomic mass is 10.2. The van der Waals surface area contributed by atoms with Gasteiger partial charge in [0.2, 0.25) is 0 Å². The molecule has 0 aliphatic rings. The van der Waals surface area contributed by atoms with Crippen LogP contribution in [0.3, 0.4) is 0 Å².